The summed E-state index contributed by atoms with van der Waals surface area (Å²) in [7, 11) is 0. The highest BCUT2D eigenvalue weighted by molar-refractivity contribution is 9.10. The van der Waals surface area contributed by atoms with Crippen LogP contribution in [-0.2, 0) is 0 Å². The van der Waals surface area contributed by atoms with Crippen LogP contribution in [0.1, 0.15) is 17.3 Å². The molecule has 0 atom stereocenters. The van der Waals surface area contributed by atoms with Crippen LogP contribution < -0.4 is 4.90 Å². The zero-order chi connectivity index (χ0) is 14.7. The number of hydrogen-bond donors (Lipinski definition) is 0. The van der Waals surface area contributed by atoms with Gasteiger partial charge in [0, 0.05) is 16.7 Å². The van der Waals surface area contributed by atoms with E-state index >= 15 is 0 Å². The summed E-state index contributed by atoms with van der Waals surface area (Å²) in [6.45, 7) is 2.25. The molecule has 0 heterocycles. The molecule has 0 aliphatic carbocycles. The molecule has 0 N–H and O–H groups in total. The van der Waals surface area contributed by atoms with Gasteiger partial charge in [0.15, 0.2) is 0 Å². The predicted octanol–water partition coefficient (Wildman–Crippen LogP) is 4.91. The van der Waals surface area contributed by atoms with E-state index in [2.05, 4.69) is 15.9 Å². The van der Waals surface area contributed by atoms with Gasteiger partial charge in [-0.1, -0.05) is 23.7 Å². The maximum absolute atomic E-state index is 13.3. The number of nitrogens with zero attached hydrogens (tertiary/aromatic N) is 1. The summed E-state index contributed by atoms with van der Waals surface area (Å²) in [6, 6.07) is 11.1. The minimum absolute atomic E-state index is 0.260. The van der Waals surface area contributed by atoms with Crippen molar-refractivity contribution >= 4 is 39.1 Å². The van der Waals surface area contributed by atoms with Gasteiger partial charge in [-0.2, -0.15) is 0 Å². The minimum Gasteiger partial charge on any atom is -0.309 e. The fraction of sp³-hybridized carbons (Fsp3) is 0.133. The largest absolute Gasteiger partial charge is 0.309 e. The molecule has 5 heteroatoms. The number of benzene rings is 2. The Morgan fingerprint density at radius 2 is 2.00 bits per heavy atom. The molecule has 2 rings (SSSR count). The van der Waals surface area contributed by atoms with Crippen LogP contribution in [0.15, 0.2) is 46.9 Å². The standard InChI is InChI=1S/C15H12BrClFNO/c1-2-19(11-6-3-5-10(18)9-11)15(20)12-7-4-8-13(16)14(12)17/h3-9H,2H2,1H3. The lowest BCUT2D eigenvalue weighted by Gasteiger charge is -2.22. The first-order valence-corrected chi connectivity index (χ1v) is 7.23. The van der Waals surface area contributed by atoms with Gasteiger partial charge in [-0.05, 0) is 53.2 Å². The van der Waals surface area contributed by atoms with Crippen molar-refractivity contribution in [2.24, 2.45) is 0 Å². The fourth-order valence-corrected chi connectivity index (χ4v) is 2.47. The lowest BCUT2D eigenvalue weighted by molar-refractivity contribution is 0.0988. The molecule has 104 valence electrons. The van der Waals surface area contributed by atoms with Crippen molar-refractivity contribution in [3.05, 3.63) is 63.3 Å². The summed E-state index contributed by atoms with van der Waals surface area (Å²) < 4.78 is 14.0. The van der Waals surface area contributed by atoms with Crippen molar-refractivity contribution in [2.75, 3.05) is 11.4 Å². The Kier molecular flexibility index (Phi) is 4.78. The summed E-state index contributed by atoms with van der Waals surface area (Å²) in [4.78, 5) is 14.0. The zero-order valence-corrected chi connectivity index (χ0v) is 13.1. The Morgan fingerprint density at radius 3 is 2.65 bits per heavy atom. The van der Waals surface area contributed by atoms with E-state index in [-0.39, 0.29) is 11.7 Å². The van der Waals surface area contributed by atoms with E-state index in [0.29, 0.717) is 27.3 Å². The third kappa shape index (κ3) is 3.02. The Bertz CT molecular complexity index is 648. The minimum atomic E-state index is -0.380. The summed E-state index contributed by atoms with van der Waals surface area (Å²) in [5.74, 6) is -0.640. The van der Waals surface area contributed by atoms with E-state index in [1.54, 1.807) is 30.3 Å². The van der Waals surface area contributed by atoms with Crippen LogP contribution in [0.5, 0.6) is 0 Å². The normalized spacial score (nSPS) is 10.4. The van der Waals surface area contributed by atoms with E-state index in [1.807, 2.05) is 6.92 Å². The van der Waals surface area contributed by atoms with Gasteiger partial charge in [-0.25, -0.2) is 4.39 Å². The molecule has 0 bridgehead atoms. The Labute approximate surface area is 130 Å². The molecule has 2 aromatic rings. The molecule has 0 aromatic heterocycles. The molecular formula is C15H12BrClFNO. The molecule has 0 radical (unpaired) electrons. The van der Waals surface area contributed by atoms with Gasteiger partial charge < -0.3 is 4.90 Å². The SMILES string of the molecule is CCN(C(=O)c1cccc(Br)c1Cl)c1cccc(F)c1. The van der Waals surface area contributed by atoms with E-state index in [0.717, 1.165) is 0 Å². The summed E-state index contributed by atoms with van der Waals surface area (Å²) in [5.41, 5.74) is 0.890. The van der Waals surface area contributed by atoms with Crippen molar-refractivity contribution in [1.82, 2.24) is 0 Å². The maximum Gasteiger partial charge on any atom is 0.259 e. The molecule has 0 saturated heterocycles. The number of halogens is 3. The summed E-state index contributed by atoms with van der Waals surface area (Å²) in [5, 5.41) is 0.354. The van der Waals surface area contributed by atoms with Gasteiger partial charge in [0.2, 0.25) is 0 Å². The first kappa shape index (κ1) is 15.0. The fourth-order valence-electron chi connectivity index (χ4n) is 1.90. The van der Waals surface area contributed by atoms with Crippen LogP contribution in [-0.4, -0.2) is 12.5 Å². The Balaban J connectivity index is 2.42. The average Bonchev–Trinajstić information content (AvgIpc) is 2.42. The van der Waals surface area contributed by atoms with Crippen LogP contribution in [0.4, 0.5) is 10.1 Å². The van der Waals surface area contributed by atoms with Crippen molar-refractivity contribution in [3.8, 4) is 0 Å². The van der Waals surface area contributed by atoms with Gasteiger partial charge >= 0.3 is 0 Å². The first-order valence-electron chi connectivity index (χ1n) is 6.06. The number of rotatable bonds is 3. The van der Waals surface area contributed by atoms with E-state index in [1.165, 1.54) is 17.0 Å². The molecule has 0 fully saturated rings. The van der Waals surface area contributed by atoms with Crippen LogP contribution in [0.25, 0.3) is 0 Å². The number of hydrogen-bond acceptors (Lipinski definition) is 1. The third-order valence-electron chi connectivity index (χ3n) is 2.86. The number of carbonyl (C=O) groups is 1. The molecule has 0 spiro atoms. The van der Waals surface area contributed by atoms with E-state index in [4.69, 9.17) is 11.6 Å². The monoisotopic (exact) mass is 355 g/mol. The lowest BCUT2D eigenvalue weighted by Crippen LogP contribution is -2.30. The number of anilines is 1. The second-order valence-corrected chi connectivity index (χ2v) is 5.36. The van der Waals surface area contributed by atoms with Gasteiger partial charge in [0.05, 0.1) is 10.6 Å². The summed E-state index contributed by atoms with van der Waals surface area (Å²) in [6.07, 6.45) is 0. The highest BCUT2D eigenvalue weighted by Crippen LogP contribution is 2.28. The summed E-state index contributed by atoms with van der Waals surface area (Å²) >= 11 is 9.43. The van der Waals surface area contributed by atoms with Crippen LogP contribution in [0.3, 0.4) is 0 Å². The van der Waals surface area contributed by atoms with Crippen molar-refractivity contribution in [2.45, 2.75) is 6.92 Å². The third-order valence-corrected chi connectivity index (χ3v) is 4.16. The van der Waals surface area contributed by atoms with Gasteiger partial charge in [-0.15, -0.1) is 0 Å². The molecule has 0 aliphatic heterocycles. The molecule has 2 nitrogen and oxygen atoms in total. The number of carbonyl (C=O) groups excluding carboxylic acids is 1. The van der Waals surface area contributed by atoms with Gasteiger partial charge in [-0.3, -0.25) is 4.79 Å². The molecule has 0 aliphatic rings. The van der Waals surface area contributed by atoms with E-state index in [9.17, 15) is 9.18 Å². The van der Waals surface area contributed by atoms with Crippen LogP contribution >= 0.6 is 27.5 Å². The highest BCUT2D eigenvalue weighted by Gasteiger charge is 2.20. The predicted molar refractivity (Wildman–Crippen MR) is 82.9 cm³/mol. The number of amides is 1. The molecular weight excluding hydrogens is 345 g/mol. The van der Waals surface area contributed by atoms with Crippen molar-refractivity contribution in [1.29, 1.82) is 0 Å². The zero-order valence-electron chi connectivity index (χ0n) is 10.7. The van der Waals surface area contributed by atoms with Gasteiger partial charge in [0.25, 0.3) is 5.91 Å². The Morgan fingerprint density at radius 1 is 1.30 bits per heavy atom. The molecule has 0 unspecified atom stereocenters. The average molecular weight is 357 g/mol. The second-order valence-electron chi connectivity index (χ2n) is 4.13. The van der Waals surface area contributed by atoms with Crippen molar-refractivity contribution < 1.29 is 9.18 Å². The maximum atomic E-state index is 13.3. The topological polar surface area (TPSA) is 20.3 Å². The Hall–Kier alpha value is -1.39. The van der Waals surface area contributed by atoms with Gasteiger partial charge in [0.1, 0.15) is 5.82 Å². The smallest absolute Gasteiger partial charge is 0.259 e. The molecule has 20 heavy (non-hydrogen) atoms. The molecule has 0 saturated carbocycles. The highest BCUT2D eigenvalue weighted by atomic mass is 79.9. The van der Waals surface area contributed by atoms with Crippen LogP contribution in [0.2, 0.25) is 5.02 Å². The quantitative estimate of drug-likeness (QED) is 0.765. The molecule has 1 amide bonds. The molecule has 2 aromatic carbocycles. The lowest BCUT2D eigenvalue weighted by atomic mass is 10.1. The van der Waals surface area contributed by atoms with Crippen LogP contribution in [0, 0.1) is 5.82 Å². The second kappa shape index (κ2) is 6.37. The van der Waals surface area contributed by atoms with E-state index < -0.39 is 0 Å². The van der Waals surface area contributed by atoms with Crippen molar-refractivity contribution in [3.63, 3.8) is 0 Å². The first-order chi connectivity index (χ1) is 9.54.